The van der Waals surface area contributed by atoms with Crippen molar-refractivity contribution in [3.63, 3.8) is 0 Å². The molecule has 2 aliphatic rings. The minimum Gasteiger partial charge on any atom is -0.378 e. The van der Waals surface area contributed by atoms with E-state index in [2.05, 4.69) is 16.1 Å². The van der Waals surface area contributed by atoms with Crippen LogP contribution in [-0.2, 0) is 4.74 Å². The summed E-state index contributed by atoms with van der Waals surface area (Å²) in [6, 6.07) is 9.41. The number of ether oxygens (including phenoxy) is 1. The molecule has 4 nitrogen and oxygen atoms in total. The van der Waals surface area contributed by atoms with Crippen LogP contribution in [0.3, 0.4) is 0 Å². The highest BCUT2D eigenvalue weighted by atomic mass is 19.1. The molecule has 0 atom stereocenters. The van der Waals surface area contributed by atoms with E-state index in [1.165, 1.54) is 0 Å². The van der Waals surface area contributed by atoms with Gasteiger partial charge in [-0.25, -0.2) is 4.39 Å². The maximum Gasteiger partial charge on any atom is 0.147 e. The van der Waals surface area contributed by atoms with Crippen molar-refractivity contribution < 1.29 is 9.13 Å². The zero-order chi connectivity index (χ0) is 17.8. The number of hydrogen-bond acceptors (Lipinski definition) is 4. The second-order valence-corrected chi connectivity index (χ2v) is 6.56. The van der Waals surface area contributed by atoms with Gasteiger partial charge in [0.25, 0.3) is 0 Å². The first-order valence-electron chi connectivity index (χ1n) is 9.09. The zero-order valence-electron chi connectivity index (χ0n) is 14.7. The summed E-state index contributed by atoms with van der Waals surface area (Å²) in [5.74, 6) is -0.183. The van der Waals surface area contributed by atoms with Gasteiger partial charge in [0.15, 0.2) is 0 Å². The molecule has 0 bridgehead atoms. The molecule has 0 unspecified atom stereocenters. The monoisotopic (exact) mass is 351 g/mol. The molecular weight excluding hydrogens is 329 g/mol. The molecular formula is C21H22FN3O. The summed E-state index contributed by atoms with van der Waals surface area (Å²) < 4.78 is 20.0. The second kappa shape index (κ2) is 7.79. The topological polar surface area (TPSA) is 37.7 Å². The number of hydrogen-bond donors (Lipinski definition) is 0. The Kier molecular flexibility index (Phi) is 5.07. The maximum absolute atomic E-state index is 14.7. The van der Waals surface area contributed by atoms with Crippen molar-refractivity contribution in [2.24, 2.45) is 4.99 Å². The average molecular weight is 351 g/mol. The third-order valence-electron chi connectivity index (χ3n) is 4.78. The fourth-order valence-corrected chi connectivity index (χ4v) is 3.48. The molecule has 0 amide bonds. The van der Waals surface area contributed by atoms with E-state index in [1.807, 2.05) is 35.4 Å². The van der Waals surface area contributed by atoms with E-state index in [1.54, 1.807) is 12.3 Å². The number of halogens is 1. The lowest BCUT2D eigenvalue weighted by molar-refractivity contribution is 0.122. The van der Waals surface area contributed by atoms with E-state index >= 15 is 0 Å². The van der Waals surface area contributed by atoms with Gasteiger partial charge in [-0.15, -0.1) is 0 Å². The van der Waals surface area contributed by atoms with Gasteiger partial charge in [0, 0.05) is 37.6 Å². The van der Waals surface area contributed by atoms with E-state index in [9.17, 15) is 4.39 Å². The fraction of sp³-hybridized carbons (Fsp3) is 0.333. The van der Waals surface area contributed by atoms with E-state index in [-0.39, 0.29) is 5.82 Å². The van der Waals surface area contributed by atoms with Crippen LogP contribution in [0, 0.1) is 5.82 Å². The number of rotatable bonds is 3. The lowest BCUT2D eigenvalue weighted by Gasteiger charge is -2.29. The first-order valence-corrected chi connectivity index (χ1v) is 9.09. The van der Waals surface area contributed by atoms with Gasteiger partial charge >= 0.3 is 0 Å². The molecule has 0 N–H and O–H groups in total. The molecule has 134 valence electrons. The maximum atomic E-state index is 14.7. The van der Waals surface area contributed by atoms with Gasteiger partial charge in [-0.3, -0.25) is 9.98 Å². The quantitative estimate of drug-likeness (QED) is 0.846. The predicted molar refractivity (Wildman–Crippen MR) is 102 cm³/mol. The number of benzene rings is 1. The summed E-state index contributed by atoms with van der Waals surface area (Å²) in [7, 11) is 0. The Labute approximate surface area is 153 Å². The molecule has 0 radical (unpaired) electrons. The van der Waals surface area contributed by atoms with Crippen LogP contribution in [0.25, 0.3) is 6.08 Å². The van der Waals surface area contributed by atoms with Gasteiger partial charge in [-0.1, -0.05) is 6.07 Å². The normalized spacial score (nSPS) is 19.5. The largest absolute Gasteiger partial charge is 0.378 e. The molecule has 3 heterocycles. The van der Waals surface area contributed by atoms with Crippen LogP contribution < -0.4 is 4.90 Å². The number of anilines is 1. The van der Waals surface area contributed by atoms with E-state index in [0.717, 1.165) is 54.9 Å². The molecule has 0 saturated carbocycles. The number of pyridine rings is 1. The molecule has 5 heteroatoms. The zero-order valence-corrected chi connectivity index (χ0v) is 14.7. The van der Waals surface area contributed by atoms with Crippen molar-refractivity contribution in [2.45, 2.75) is 12.8 Å². The Balaban J connectivity index is 1.61. The smallest absolute Gasteiger partial charge is 0.147 e. The van der Waals surface area contributed by atoms with Crippen LogP contribution in [0.15, 0.2) is 53.3 Å². The van der Waals surface area contributed by atoms with Gasteiger partial charge in [-0.05, 0) is 54.3 Å². The Morgan fingerprint density at radius 2 is 2.04 bits per heavy atom. The Bertz CT molecular complexity index is 826. The van der Waals surface area contributed by atoms with E-state index in [0.29, 0.717) is 18.9 Å². The van der Waals surface area contributed by atoms with Crippen LogP contribution in [-0.4, -0.2) is 43.5 Å². The third kappa shape index (κ3) is 3.68. The highest BCUT2D eigenvalue weighted by molar-refractivity contribution is 6.15. The van der Waals surface area contributed by atoms with Gasteiger partial charge in [0.1, 0.15) is 5.82 Å². The van der Waals surface area contributed by atoms with Crippen molar-refractivity contribution in [1.82, 2.24) is 4.98 Å². The average Bonchev–Trinajstić information content (AvgIpc) is 2.70. The SMILES string of the molecule is Fc1cc(C=C2CCCN=C2c2cccnc2)ccc1N1CCOCC1. The molecule has 1 aromatic carbocycles. The summed E-state index contributed by atoms with van der Waals surface area (Å²) in [5.41, 5.74) is 4.65. The molecule has 2 aromatic rings. The molecule has 2 aliphatic heterocycles. The van der Waals surface area contributed by atoms with Crippen LogP contribution in [0.4, 0.5) is 10.1 Å². The summed E-state index contributed by atoms with van der Waals surface area (Å²) in [5, 5.41) is 0. The number of aliphatic imine (C=N–C) groups is 1. The Hall–Kier alpha value is -2.53. The molecule has 4 rings (SSSR count). The first-order chi connectivity index (χ1) is 12.8. The van der Waals surface area contributed by atoms with Crippen molar-refractivity contribution in [2.75, 3.05) is 37.7 Å². The highest BCUT2D eigenvalue weighted by Gasteiger charge is 2.17. The Morgan fingerprint density at radius 3 is 2.81 bits per heavy atom. The van der Waals surface area contributed by atoms with Crippen molar-refractivity contribution >= 4 is 17.5 Å². The number of aromatic nitrogens is 1. The lowest BCUT2D eigenvalue weighted by atomic mass is 9.95. The number of morpholine rings is 1. The molecule has 26 heavy (non-hydrogen) atoms. The van der Waals surface area contributed by atoms with Crippen molar-refractivity contribution in [3.8, 4) is 0 Å². The van der Waals surface area contributed by atoms with Crippen molar-refractivity contribution in [3.05, 3.63) is 65.2 Å². The molecule has 1 aromatic heterocycles. The molecule has 0 aliphatic carbocycles. The second-order valence-electron chi connectivity index (χ2n) is 6.56. The standard InChI is InChI=1S/C21H22FN3O/c22-19-14-16(5-6-20(19)25-9-11-26-12-10-25)13-17-3-2-8-24-21(17)18-4-1-7-23-15-18/h1,4-7,13-15H,2-3,8-12H2. The van der Waals surface area contributed by atoms with E-state index < -0.39 is 0 Å². The van der Waals surface area contributed by atoms with Gasteiger partial charge in [0.05, 0.1) is 24.6 Å². The van der Waals surface area contributed by atoms with Gasteiger partial charge in [0.2, 0.25) is 0 Å². The van der Waals surface area contributed by atoms with Crippen LogP contribution >= 0.6 is 0 Å². The third-order valence-corrected chi connectivity index (χ3v) is 4.78. The molecule has 1 saturated heterocycles. The first kappa shape index (κ1) is 16.9. The lowest BCUT2D eigenvalue weighted by Crippen LogP contribution is -2.36. The van der Waals surface area contributed by atoms with E-state index in [4.69, 9.17) is 4.74 Å². The minimum absolute atomic E-state index is 0.183. The summed E-state index contributed by atoms with van der Waals surface area (Å²) in [4.78, 5) is 10.9. The summed E-state index contributed by atoms with van der Waals surface area (Å²) >= 11 is 0. The number of nitrogens with zero attached hydrogens (tertiary/aromatic N) is 3. The minimum atomic E-state index is -0.183. The van der Waals surface area contributed by atoms with Crippen LogP contribution in [0.5, 0.6) is 0 Å². The Morgan fingerprint density at radius 1 is 1.15 bits per heavy atom. The van der Waals surface area contributed by atoms with Crippen LogP contribution in [0.1, 0.15) is 24.0 Å². The fourth-order valence-electron chi connectivity index (χ4n) is 3.48. The van der Waals surface area contributed by atoms with Crippen LogP contribution in [0.2, 0.25) is 0 Å². The highest BCUT2D eigenvalue weighted by Crippen LogP contribution is 2.25. The number of allylic oxidation sites excluding steroid dienone is 1. The molecule has 1 fully saturated rings. The van der Waals surface area contributed by atoms with Gasteiger partial charge in [-0.2, -0.15) is 0 Å². The molecule has 0 spiro atoms. The summed E-state index contributed by atoms with van der Waals surface area (Å²) in [6.45, 7) is 3.59. The predicted octanol–water partition coefficient (Wildman–Crippen LogP) is 3.72. The van der Waals surface area contributed by atoms with Gasteiger partial charge < -0.3 is 9.64 Å². The summed E-state index contributed by atoms with van der Waals surface area (Å²) in [6.07, 6.45) is 7.61. The van der Waals surface area contributed by atoms with Crippen molar-refractivity contribution in [1.29, 1.82) is 0 Å².